The molecule has 1 atom stereocenters. The molecule has 2 aromatic heterocycles. The molecule has 1 unspecified atom stereocenters. The number of hydrogen-bond donors (Lipinski definition) is 1. The van der Waals surface area contributed by atoms with Gasteiger partial charge in [-0.15, -0.1) is 23.1 Å². The van der Waals surface area contributed by atoms with E-state index in [1.807, 2.05) is 6.07 Å². The van der Waals surface area contributed by atoms with Crippen LogP contribution in [0.4, 0.5) is 5.00 Å². The van der Waals surface area contributed by atoms with Gasteiger partial charge in [0, 0.05) is 22.7 Å². The van der Waals surface area contributed by atoms with Gasteiger partial charge in [0.2, 0.25) is 5.91 Å². The number of unbranched alkanes of at least 4 members (excludes halogenated alkanes) is 1. The van der Waals surface area contributed by atoms with Crippen LogP contribution in [0.5, 0.6) is 0 Å². The number of carbonyl (C=O) groups is 2. The number of aryl methyl sites for hydroxylation is 1. The number of pyridine rings is 1. The summed E-state index contributed by atoms with van der Waals surface area (Å²) in [4.78, 5) is 30.8. The number of aromatic nitrogens is 1. The van der Waals surface area contributed by atoms with Crippen LogP contribution in [-0.2, 0) is 28.8 Å². The Kier molecular flexibility index (Phi) is 8.71. The number of nitrogens with zero attached hydrogens (tertiary/aromatic N) is 2. The summed E-state index contributed by atoms with van der Waals surface area (Å²) in [6.45, 7) is 4.34. The quantitative estimate of drug-likeness (QED) is 0.389. The molecule has 0 aromatic carbocycles. The maximum absolute atomic E-state index is 12.7. The predicted octanol–water partition coefficient (Wildman–Crippen LogP) is 5.39. The van der Waals surface area contributed by atoms with Crippen molar-refractivity contribution in [3.8, 4) is 6.07 Å². The van der Waals surface area contributed by atoms with Gasteiger partial charge in [-0.3, -0.25) is 4.79 Å². The lowest BCUT2D eigenvalue weighted by Crippen LogP contribution is -2.16. The van der Waals surface area contributed by atoms with Gasteiger partial charge in [0.25, 0.3) is 0 Å². The van der Waals surface area contributed by atoms with Crippen LogP contribution in [0, 0.1) is 17.2 Å². The summed E-state index contributed by atoms with van der Waals surface area (Å²) in [7, 11) is 1.37. The molecule has 0 bridgehead atoms. The molecule has 3 rings (SSSR count). The average molecular weight is 472 g/mol. The number of esters is 1. The summed E-state index contributed by atoms with van der Waals surface area (Å²) < 4.78 is 4.99. The van der Waals surface area contributed by atoms with Gasteiger partial charge >= 0.3 is 5.97 Å². The van der Waals surface area contributed by atoms with E-state index in [1.165, 1.54) is 35.1 Å². The monoisotopic (exact) mass is 471 g/mol. The van der Waals surface area contributed by atoms with E-state index in [1.54, 1.807) is 6.07 Å². The number of anilines is 1. The minimum absolute atomic E-state index is 0.157. The summed E-state index contributed by atoms with van der Waals surface area (Å²) >= 11 is 2.91. The second kappa shape index (κ2) is 11.5. The standard InChI is InChI=1S/C24H29N3O3S2/c1-4-5-6-17-9-8-16(14-25)22(26-17)31-12-11-20(28)27-23-21(24(29)30-3)18-10-7-15(2)13-19(18)32-23/h8-9,15H,4-7,10-13H2,1-3H3,(H,27,28). The lowest BCUT2D eigenvalue weighted by atomic mass is 9.88. The number of fused-ring (bicyclic) bond motifs is 1. The second-order valence-electron chi connectivity index (χ2n) is 8.06. The fraction of sp³-hybridized carbons (Fsp3) is 0.500. The van der Waals surface area contributed by atoms with Crippen molar-refractivity contribution in [2.45, 2.75) is 63.8 Å². The largest absolute Gasteiger partial charge is 0.465 e. The number of nitrogens with one attached hydrogen (secondary N) is 1. The van der Waals surface area contributed by atoms with E-state index in [0.717, 1.165) is 49.8 Å². The Morgan fingerprint density at radius 2 is 2.22 bits per heavy atom. The first-order chi connectivity index (χ1) is 15.5. The highest BCUT2D eigenvalue weighted by atomic mass is 32.2. The van der Waals surface area contributed by atoms with Gasteiger partial charge in [0.1, 0.15) is 16.1 Å². The zero-order valence-corrected chi connectivity index (χ0v) is 20.5. The molecule has 6 nitrogen and oxygen atoms in total. The molecular formula is C24H29N3O3S2. The first-order valence-corrected chi connectivity index (χ1v) is 12.8. The summed E-state index contributed by atoms with van der Waals surface area (Å²) in [6, 6.07) is 5.89. The normalized spacial score (nSPS) is 15.0. The highest BCUT2D eigenvalue weighted by Crippen LogP contribution is 2.40. The molecule has 2 aromatic rings. The molecule has 32 heavy (non-hydrogen) atoms. The van der Waals surface area contributed by atoms with Crippen molar-refractivity contribution in [1.29, 1.82) is 5.26 Å². The van der Waals surface area contributed by atoms with E-state index in [0.29, 0.717) is 32.8 Å². The van der Waals surface area contributed by atoms with Gasteiger partial charge in [0.05, 0.1) is 18.2 Å². The molecule has 0 spiro atoms. The third-order valence-corrected chi connectivity index (χ3v) is 7.71. The van der Waals surface area contributed by atoms with Crippen LogP contribution in [0.2, 0.25) is 0 Å². The lowest BCUT2D eigenvalue weighted by Gasteiger charge is -2.18. The van der Waals surface area contributed by atoms with Crippen molar-refractivity contribution in [3.63, 3.8) is 0 Å². The number of ether oxygens (including phenoxy) is 1. The summed E-state index contributed by atoms with van der Waals surface area (Å²) in [5.41, 5.74) is 3.04. The van der Waals surface area contributed by atoms with Crippen LogP contribution in [0.25, 0.3) is 0 Å². The molecule has 0 saturated carbocycles. The number of rotatable bonds is 9. The third-order valence-electron chi connectivity index (χ3n) is 5.55. The number of thioether (sulfide) groups is 1. The first-order valence-electron chi connectivity index (χ1n) is 11.0. The summed E-state index contributed by atoms with van der Waals surface area (Å²) in [5, 5.41) is 13.6. The predicted molar refractivity (Wildman–Crippen MR) is 128 cm³/mol. The van der Waals surface area contributed by atoms with Crippen molar-refractivity contribution in [2.24, 2.45) is 5.92 Å². The van der Waals surface area contributed by atoms with E-state index in [9.17, 15) is 14.9 Å². The van der Waals surface area contributed by atoms with E-state index < -0.39 is 5.97 Å². The van der Waals surface area contributed by atoms with Gasteiger partial charge in [0.15, 0.2) is 0 Å². The molecule has 0 fully saturated rings. The number of thiophene rings is 1. The lowest BCUT2D eigenvalue weighted by molar-refractivity contribution is -0.115. The molecule has 1 aliphatic rings. The van der Waals surface area contributed by atoms with Gasteiger partial charge in [-0.05, 0) is 55.7 Å². The number of methoxy groups -OCH3 is 1. The Balaban J connectivity index is 1.65. The minimum Gasteiger partial charge on any atom is -0.465 e. The van der Waals surface area contributed by atoms with Crippen molar-refractivity contribution in [3.05, 3.63) is 39.4 Å². The van der Waals surface area contributed by atoms with E-state index in [2.05, 4.69) is 30.2 Å². The van der Waals surface area contributed by atoms with Crippen LogP contribution in [0.15, 0.2) is 17.2 Å². The van der Waals surface area contributed by atoms with Crippen LogP contribution in [-0.4, -0.2) is 29.7 Å². The summed E-state index contributed by atoms with van der Waals surface area (Å²) in [5.74, 6) is 0.519. The van der Waals surface area contributed by atoms with E-state index in [-0.39, 0.29) is 12.3 Å². The Morgan fingerprint density at radius 1 is 1.41 bits per heavy atom. The molecule has 0 radical (unpaired) electrons. The van der Waals surface area contributed by atoms with Crippen LogP contribution >= 0.6 is 23.1 Å². The molecule has 8 heteroatoms. The van der Waals surface area contributed by atoms with Crippen molar-refractivity contribution < 1.29 is 14.3 Å². The molecule has 170 valence electrons. The molecule has 1 amide bonds. The van der Waals surface area contributed by atoms with E-state index >= 15 is 0 Å². The number of amides is 1. The van der Waals surface area contributed by atoms with Crippen molar-refractivity contribution in [2.75, 3.05) is 18.2 Å². The van der Waals surface area contributed by atoms with E-state index in [4.69, 9.17) is 4.74 Å². The van der Waals surface area contributed by atoms with Crippen LogP contribution in [0.1, 0.15) is 71.6 Å². The number of hydrogen-bond acceptors (Lipinski definition) is 7. The first kappa shape index (κ1) is 24.3. The van der Waals surface area contributed by atoms with Crippen molar-refractivity contribution in [1.82, 2.24) is 4.98 Å². The van der Waals surface area contributed by atoms with Crippen LogP contribution < -0.4 is 5.32 Å². The fourth-order valence-corrected chi connectivity index (χ4v) is 6.10. The highest BCUT2D eigenvalue weighted by Gasteiger charge is 2.28. The molecule has 1 N–H and O–H groups in total. The Hall–Kier alpha value is -2.37. The minimum atomic E-state index is -0.395. The Morgan fingerprint density at radius 3 is 2.94 bits per heavy atom. The van der Waals surface area contributed by atoms with Crippen molar-refractivity contribution >= 4 is 40.0 Å². The average Bonchev–Trinajstić information content (AvgIpc) is 3.13. The molecule has 2 heterocycles. The maximum atomic E-state index is 12.7. The molecule has 1 aliphatic carbocycles. The molecular weight excluding hydrogens is 442 g/mol. The van der Waals surface area contributed by atoms with Gasteiger partial charge in [-0.1, -0.05) is 20.3 Å². The maximum Gasteiger partial charge on any atom is 0.341 e. The number of carbonyl (C=O) groups excluding carboxylic acids is 2. The van der Waals surface area contributed by atoms with Gasteiger partial charge < -0.3 is 10.1 Å². The SMILES string of the molecule is CCCCc1ccc(C#N)c(SCCC(=O)Nc2sc3c(c2C(=O)OC)CCC(C)C3)n1. The third kappa shape index (κ3) is 5.90. The van der Waals surface area contributed by atoms with Gasteiger partial charge in [-0.2, -0.15) is 5.26 Å². The highest BCUT2D eigenvalue weighted by molar-refractivity contribution is 7.99. The van der Waals surface area contributed by atoms with Crippen LogP contribution in [0.3, 0.4) is 0 Å². The Labute approximate surface area is 197 Å². The van der Waals surface area contributed by atoms with Gasteiger partial charge in [-0.25, -0.2) is 9.78 Å². The summed E-state index contributed by atoms with van der Waals surface area (Å²) in [6.07, 6.45) is 6.07. The molecule has 0 aliphatic heterocycles. The topological polar surface area (TPSA) is 92.1 Å². The molecule has 0 saturated heterocycles. The zero-order valence-electron chi connectivity index (χ0n) is 18.8. The zero-order chi connectivity index (χ0) is 23.1. The smallest absolute Gasteiger partial charge is 0.341 e. The second-order valence-corrected chi connectivity index (χ2v) is 10.3. The fourth-order valence-electron chi connectivity index (χ4n) is 3.76. The number of nitriles is 1. The Bertz CT molecular complexity index is 1030.